The molecule has 5 heteroatoms. The Hall–Kier alpha value is -2.30. The average Bonchev–Trinajstić information content (AvgIpc) is 2.67. The average molecular weight is 289 g/mol. The molecule has 0 spiro atoms. The number of benzene rings is 2. The Kier molecular flexibility index (Phi) is 3.41. The Labute approximate surface area is 121 Å². The molecule has 0 aliphatic carbocycles. The van der Waals surface area contributed by atoms with Crippen LogP contribution in [0.25, 0.3) is 10.8 Å². The molecule has 1 N–H and O–H groups in total. The van der Waals surface area contributed by atoms with E-state index in [0.717, 1.165) is 0 Å². The molecule has 0 unspecified atom stereocenters. The summed E-state index contributed by atoms with van der Waals surface area (Å²) in [6.07, 6.45) is -0.552. The maximum absolute atomic E-state index is 14.2. The molecule has 0 aromatic heterocycles. The zero-order valence-corrected chi connectivity index (χ0v) is 11.7. The lowest BCUT2D eigenvalue weighted by Crippen LogP contribution is -2.36. The molecular formula is C16H16FNO3. The van der Waals surface area contributed by atoms with Gasteiger partial charge in [0.15, 0.2) is 0 Å². The van der Waals surface area contributed by atoms with Crippen LogP contribution >= 0.6 is 0 Å². The number of hydrogen-bond acceptors (Lipinski definition) is 2. The number of nitrogens with zero attached hydrogens (tertiary/aromatic N) is 1. The van der Waals surface area contributed by atoms with Gasteiger partial charge in [0.2, 0.25) is 0 Å². The number of rotatable bonds is 1. The van der Waals surface area contributed by atoms with E-state index in [0.29, 0.717) is 28.5 Å². The molecule has 1 heterocycles. The molecule has 1 aliphatic rings. The quantitative estimate of drug-likeness (QED) is 0.872. The second-order valence-electron chi connectivity index (χ2n) is 5.20. The maximum Gasteiger partial charge on any atom is 0.407 e. The number of amides is 1. The van der Waals surface area contributed by atoms with E-state index < -0.39 is 6.09 Å². The van der Waals surface area contributed by atoms with Crippen LogP contribution in [-0.4, -0.2) is 28.7 Å². The summed E-state index contributed by atoms with van der Waals surface area (Å²) in [6, 6.07) is 8.49. The van der Waals surface area contributed by atoms with Crippen LogP contribution in [0.5, 0.6) is 5.75 Å². The number of fused-ring (bicyclic) bond motifs is 3. The highest BCUT2D eigenvalue weighted by Crippen LogP contribution is 2.35. The second-order valence-corrected chi connectivity index (χ2v) is 5.20. The zero-order valence-electron chi connectivity index (χ0n) is 11.7. The Bertz CT molecular complexity index is 701. The van der Waals surface area contributed by atoms with Crippen molar-refractivity contribution >= 4 is 16.9 Å². The van der Waals surface area contributed by atoms with E-state index >= 15 is 0 Å². The van der Waals surface area contributed by atoms with Crippen LogP contribution in [0.3, 0.4) is 0 Å². The molecule has 4 nitrogen and oxygen atoms in total. The molecule has 2 aromatic carbocycles. The topological polar surface area (TPSA) is 49.8 Å². The number of hydrogen-bond donors (Lipinski definition) is 1. The fourth-order valence-corrected chi connectivity index (χ4v) is 2.69. The predicted octanol–water partition coefficient (Wildman–Crippen LogP) is 3.63. The lowest BCUT2D eigenvalue weighted by atomic mass is 10.0. The highest BCUT2D eigenvalue weighted by molar-refractivity contribution is 5.90. The lowest BCUT2D eigenvalue weighted by molar-refractivity contribution is 0.115. The molecule has 0 bridgehead atoms. The van der Waals surface area contributed by atoms with Crippen molar-refractivity contribution in [3.63, 3.8) is 0 Å². The molecule has 2 aromatic rings. The van der Waals surface area contributed by atoms with Crippen LogP contribution in [0.4, 0.5) is 9.18 Å². The number of carboxylic acid groups (broad SMARTS) is 1. The highest BCUT2D eigenvalue weighted by atomic mass is 19.1. The van der Waals surface area contributed by atoms with Crippen molar-refractivity contribution in [2.45, 2.75) is 26.0 Å². The molecular weight excluding hydrogens is 273 g/mol. The monoisotopic (exact) mass is 289 g/mol. The predicted molar refractivity (Wildman–Crippen MR) is 77.0 cm³/mol. The third-order valence-corrected chi connectivity index (χ3v) is 3.82. The molecule has 21 heavy (non-hydrogen) atoms. The van der Waals surface area contributed by atoms with Crippen LogP contribution in [0, 0.1) is 5.82 Å². The minimum atomic E-state index is -1.02. The van der Waals surface area contributed by atoms with E-state index in [1.807, 2.05) is 13.0 Å². The summed E-state index contributed by atoms with van der Waals surface area (Å²) in [5.74, 6) is 0.246. The van der Waals surface area contributed by atoms with Crippen LogP contribution < -0.4 is 4.74 Å². The van der Waals surface area contributed by atoms with Gasteiger partial charge in [0, 0.05) is 16.3 Å². The van der Waals surface area contributed by atoms with Crippen LogP contribution in [-0.2, 0) is 6.54 Å². The number of halogens is 1. The first kappa shape index (κ1) is 13.7. The molecule has 1 atom stereocenters. The zero-order chi connectivity index (χ0) is 15.0. The molecule has 110 valence electrons. The summed E-state index contributed by atoms with van der Waals surface area (Å²) in [5.41, 5.74) is 0.574. The maximum atomic E-state index is 14.2. The third-order valence-electron chi connectivity index (χ3n) is 3.82. The third kappa shape index (κ3) is 2.39. The van der Waals surface area contributed by atoms with Gasteiger partial charge >= 0.3 is 6.09 Å². The Morgan fingerprint density at radius 2 is 2.14 bits per heavy atom. The molecule has 1 aliphatic heterocycles. The summed E-state index contributed by atoms with van der Waals surface area (Å²) < 4.78 is 20.2. The van der Waals surface area contributed by atoms with Gasteiger partial charge in [-0.05, 0) is 12.5 Å². The van der Waals surface area contributed by atoms with Gasteiger partial charge < -0.3 is 14.7 Å². The van der Waals surface area contributed by atoms with E-state index in [1.165, 1.54) is 11.0 Å². The fraction of sp³-hybridized carbons (Fsp3) is 0.312. The largest absolute Gasteiger partial charge is 0.488 e. The molecule has 0 saturated heterocycles. The van der Waals surface area contributed by atoms with Crippen LogP contribution in [0.15, 0.2) is 30.3 Å². The summed E-state index contributed by atoms with van der Waals surface area (Å²) in [6.45, 7) is 2.38. The second kappa shape index (κ2) is 5.24. The van der Waals surface area contributed by atoms with Crippen molar-refractivity contribution in [2.24, 2.45) is 0 Å². The number of ether oxygens (including phenoxy) is 1. The van der Waals surface area contributed by atoms with Gasteiger partial charge in [0.25, 0.3) is 0 Å². The van der Waals surface area contributed by atoms with Crippen LogP contribution in [0.2, 0.25) is 0 Å². The smallest absolute Gasteiger partial charge is 0.407 e. The lowest BCUT2D eigenvalue weighted by Gasteiger charge is -2.20. The standard InChI is InChI=1S/C16H16FNO3/c1-2-11-9-18(16(19)20)8-10-7-14(17)12-5-3-4-6-13(12)15(10)21-11/h3-7,11H,2,8-9H2,1H3,(H,19,20)/t11-/m1/s1. The highest BCUT2D eigenvalue weighted by Gasteiger charge is 2.27. The normalized spacial score (nSPS) is 18.0. The van der Waals surface area contributed by atoms with Crippen molar-refractivity contribution in [2.75, 3.05) is 6.54 Å². The Morgan fingerprint density at radius 3 is 2.81 bits per heavy atom. The van der Waals surface area contributed by atoms with Gasteiger partial charge in [-0.15, -0.1) is 0 Å². The molecule has 1 amide bonds. The Balaban J connectivity index is 2.19. The SMILES string of the molecule is CC[C@@H]1CN(C(=O)O)Cc2cc(F)c3ccccc3c2O1. The van der Waals surface area contributed by atoms with Crippen molar-refractivity contribution in [3.05, 3.63) is 41.7 Å². The first-order valence-electron chi connectivity index (χ1n) is 6.94. The molecule has 0 saturated carbocycles. The first-order chi connectivity index (χ1) is 10.1. The Morgan fingerprint density at radius 1 is 1.43 bits per heavy atom. The summed E-state index contributed by atoms with van der Waals surface area (Å²) in [5, 5.41) is 10.4. The summed E-state index contributed by atoms with van der Waals surface area (Å²) in [4.78, 5) is 12.6. The van der Waals surface area contributed by atoms with E-state index in [9.17, 15) is 14.3 Å². The van der Waals surface area contributed by atoms with Gasteiger partial charge in [-0.25, -0.2) is 9.18 Å². The minimum Gasteiger partial charge on any atom is -0.488 e. The van der Waals surface area contributed by atoms with E-state index in [4.69, 9.17) is 4.74 Å². The van der Waals surface area contributed by atoms with Gasteiger partial charge in [0.05, 0.1) is 13.1 Å². The van der Waals surface area contributed by atoms with Gasteiger partial charge in [-0.1, -0.05) is 31.2 Å². The van der Waals surface area contributed by atoms with Gasteiger partial charge in [-0.2, -0.15) is 0 Å². The van der Waals surface area contributed by atoms with Crippen molar-refractivity contribution < 1.29 is 19.0 Å². The van der Waals surface area contributed by atoms with Crippen molar-refractivity contribution in [1.82, 2.24) is 4.90 Å². The van der Waals surface area contributed by atoms with E-state index in [-0.39, 0.29) is 25.0 Å². The number of carbonyl (C=O) groups is 1. The summed E-state index contributed by atoms with van der Waals surface area (Å²) >= 11 is 0. The van der Waals surface area contributed by atoms with Crippen molar-refractivity contribution in [1.29, 1.82) is 0 Å². The molecule has 0 radical (unpaired) electrons. The molecule has 3 rings (SSSR count). The summed E-state index contributed by atoms with van der Waals surface area (Å²) in [7, 11) is 0. The van der Waals surface area contributed by atoms with E-state index in [1.54, 1.807) is 18.2 Å². The van der Waals surface area contributed by atoms with E-state index in [2.05, 4.69) is 0 Å². The van der Waals surface area contributed by atoms with Crippen molar-refractivity contribution in [3.8, 4) is 5.75 Å². The fourth-order valence-electron chi connectivity index (χ4n) is 2.69. The first-order valence-corrected chi connectivity index (χ1v) is 6.94. The minimum absolute atomic E-state index is 0.142. The van der Waals surface area contributed by atoms with Gasteiger partial charge in [-0.3, -0.25) is 0 Å². The molecule has 0 fully saturated rings. The van der Waals surface area contributed by atoms with Crippen LogP contribution in [0.1, 0.15) is 18.9 Å². The van der Waals surface area contributed by atoms with Gasteiger partial charge in [0.1, 0.15) is 17.7 Å².